The van der Waals surface area contributed by atoms with Crippen molar-refractivity contribution in [3.8, 4) is 5.75 Å². The van der Waals surface area contributed by atoms with Crippen molar-refractivity contribution < 1.29 is 18.7 Å². The average Bonchev–Trinajstić information content (AvgIpc) is 2.54. The molecule has 0 unspecified atom stereocenters. The zero-order valence-corrected chi connectivity index (χ0v) is 13.9. The van der Waals surface area contributed by atoms with Crippen LogP contribution in [0.4, 0.5) is 10.1 Å². The molecule has 5 nitrogen and oxygen atoms in total. The molecular weight excluding hydrogens is 335 g/mol. The molecule has 1 N–H and O–H groups in total. The summed E-state index contributed by atoms with van der Waals surface area (Å²) in [6.45, 7) is -0.234. The van der Waals surface area contributed by atoms with Gasteiger partial charge < -0.3 is 15.0 Å². The molecule has 0 aliphatic heterocycles. The van der Waals surface area contributed by atoms with Crippen LogP contribution in [0.1, 0.15) is 10.4 Å². The highest BCUT2D eigenvalue weighted by Crippen LogP contribution is 2.22. The van der Waals surface area contributed by atoms with E-state index in [9.17, 15) is 14.0 Å². The fourth-order valence-corrected chi connectivity index (χ4v) is 2.15. The van der Waals surface area contributed by atoms with Crippen molar-refractivity contribution in [1.82, 2.24) is 4.90 Å². The van der Waals surface area contributed by atoms with Gasteiger partial charge in [0.1, 0.15) is 11.6 Å². The van der Waals surface area contributed by atoms with E-state index in [-0.39, 0.29) is 23.4 Å². The molecule has 0 radical (unpaired) electrons. The molecular formula is C17H16ClFN2O3. The number of nitrogens with one attached hydrogen (secondary N) is 1. The summed E-state index contributed by atoms with van der Waals surface area (Å²) < 4.78 is 18.0. The van der Waals surface area contributed by atoms with Crippen LogP contribution in [-0.2, 0) is 4.79 Å². The van der Waals surface area contributed by atoms with Crippen molar-refractivity contribution in [2.24, 2.45) is 0 Å². The number of nitrogens with zero attached hydrogens (tertiary/aromatic N) is 1. The van der Waals surface area contributed by atoms with Crippen LogP contribution in [-0.4, -0.2) is 37.4 Å². The summed E-state index contributed by atoms with van der Waals surface area (Å²) in [7, 11) is 3.25. The van der Waals surface area contributed by atoms with Gasteiger partial charge in [-0.25, -0.2) is 4.39 Å². The zero-order valence-electron chi connectivity index (χ0n) is 13.2. The molecule has 0 saturated heterocycles. The first-order chi connectivity index (χ1) is 11.4. The van der Waals surface area contributed by atoms with Crippen molar-refractivity contribution in [2.75, 3.05) is 26.0 Å². The third kappa shape index (κ3) is 4.70. The average molecular weight is 351 g/mol. The van der Waals surface area contributed by atoms with Crippen molar-refractivity contribution in [2.45, 2.75) is 0 Å². The standard InChI is InChI=1S/C17H16ClFN2O3/c1-21(2)17(23)14-8-5-12(9-15(14)18)20-16(22)10-24-13-6-3-11(19)4-7-13/h3-9H,10H2,1-2H3,(H,20,22). The Balaban J connectivity index is 1.95. The highest BCUT2D eigenvalue weighted by molar-refractivity contribution is 6.34. The van der Waals surface area contributed by atoms with Crippen molar-refractivity contribution in [3.05, 3.63) is 58.9 Å². The number of benzene rings is 2. The first-order valence-electron chi connectivity index (χ1n) is 7.06. The first-order valence-corrected chi connectivity index (χ1v) is 7.44. The highest BCUT2D eigenvalue weighted by atomic mass is 35.5. The minimum absolute atomic E-state index is 0.225. The second kappa shape index (κ2) is 7.79. The van der Waals surface area contributed by atoms with Crippen LogP contribution in [0.3, 0.4) is 0 Å². The Hall–Kier alpha value is -2.60. The molecule has 0 aliphatic rings. The van der Waals surface area contributed by atoms with Crippen LogP contribution in [0.2, 0.25) is 5.02 Å². The molecule has 2 aromatic carbocycles. The number of ether oxygens (including phenoxy) is 1. The third-order valence-corrected chi connectivity index (χ3v) is 3.39. The molecule has 2 amide bonds. The number of amides is 2. The Kier molecular flexibility index (Phi) is 5.76. The van der Waals surface area contributed by atoms with Crippen LogP contribution >= 0.6 is 11.6 Å². The third-order valence-electron chi connectivity index (χ3n) is 3.07. The van der Waals surface area contributed by atoms with Crippen LogP contribution in [0.15, 0.2) is 42.5 Å². The number of hydrogen-bond acceptors (Lipinski definition) is 3. The van der Waals surface area contributed by atoms with E-state index in [1.807, 2.05) is 0 Å². The van der Waals surface area contributed by atoms with Gasteiger partial charge in [0.15, 0.2) is 6.61 Å². The lowest BCUT2D eigenvalue weighted by Gasteiger charge is -2.13. The summed E-state index contributed by atoms with van der Waals surface area (Å²) in [5, 5.41) is 2.85. The summed E-state index contributed by atoms with van der Waals surface area (Å²) in [4.78, 5) is 25.2. The molecule has 0 bridgehead atoms. The van der Waals surface area contributed by atoms with Gasteiger partial charge >= 0.3 is 0 Å². The predicted octanol–water partition coefficient (Wildman–Crippen LogP) is 3.20. The number of rotatable bonds is 5. The maximum Gasteiger partial charge on any atom is 0.262 e. The smallest absolute Gasteiger partial charge is 0.262 e. The van der Waals surface area contributed by atoms with Crippen molar-refractivity contribution in [1.29, 1.82) is 0 Å². The van der Waals surface area contributed by atoms with E-state index in [1.165, 1.54) is 35.2 Å². The van der Waals surface area contributed by atoms with E-state index < -0.39 is 5.91 Å². The van der Waals surface area contributed by atoms with Gasteiger partial charge in [-0.3, -0.25) is 9.59 Å². The molecule has 2 aromatic rings. The maximum atomic E-state index is 12.8. The quantitative estimate of drug-likeness (QED) is 0.900. The summed E-state index contributed by atoms with van der Waals surface area (Å²) in [6, 6.07) is 9.97. The summed E-state index contributed by atoms with van der Waals surface area (Å²) in [6.07, 6.45) is 0. The van der Waals surface area contributed by atoms with Crippen LogP contribution in [0.25, 0.3) is 0 Å². The van der Waals surface area contributed by atoms with Crippen LogP contribution in [0.5, 0.6) is 5.75 Å². The topological polar surface area (TPSA) is 58.6 Å². The highest BCUT2D eigenvalue weighted by Gasteiger charge is 2.13. The van der Waals surface area contributed by atoms with Gasteiger partial charge in [0.25, 0.3) is 11.8 Å². The van der Waals surface area contributed by atoms with Gasteiger partial charge in [-0.2, -0.15) is 0 Å². The normalized spacial score (nSPS) is 10.2. The minimum atomic E-state index is -0.401. The lowest BCUT2D eigenvalue weighted by molar-refractivity contribution is -0.118. The Morgan fingerprint density at radius 2 is 1.83 bits per heavy atom. The summed E-state index contributed by atoms with van der Waals surface area (Å²) in [5.74, 6) is -0.620. The molecule has 0 aromatic heterocycles. The number of carbonyl (C=O) groups excluding carboxylic acids is 2. The number of carbonyl (C=O) groups is 2. The fourth-order valence-electron chi connectivity index (χ4n) is 1.88. The Bertz CT molecular complexity index is 748. The molecule has 126 valence electrons. The number of halogens is 2. The summed E-state index contributed by atoms with van der Waals surface area (Å²) >= 11 is 6.07. The number of anilines is 1. The summed E-state index contributed by atoms with van der Waals surface area (Å²) in [5.41, 5.74) is 0.797. The van der Waals surface area contributed by atoms with Crippen LogP contribution in [0, 0.1) is 5.82 Å². The van der Waals surface area contributed by atoms with Gasteiger partial charge in [0.2, 0.25) is 0 Å². The first kappa shape index (κ1) is 17.7. The molecule has 0 atom stereocenters. The lowest BCUT2D eigenvalue weighted by Crippen LogP contribution is -2.22. The van der Waals surface area contributed by atoms with Gasteiger partial charge in [0, 0.05) is 19.8 Å². The molecule has 24 heavy (non-hydrogen) atoms. The molecule has 0 heterocycles. The maximum absolute atomic E-state index is 12.8. The minimum Gasteiger partial charge on any atom is -0.484 e. The molecule has 0 fully saturated rings. The van der Waals surface area contributed by atoms with E-state index in [0.29, 0.717) is 17.0 Å². The molecule has 2 rings (SSSR count). The van der Waals surface area contributed by atoms with Gasteiger partial charge in [-0.15, -0.1) is 0 Å². The van der Waals surface area contributed by atoms with E-state index in [2.05, 4.69) is 5.32 Å². The fraction of sp³-hybridized carbons (Fsp3) is 0.176. The van der Waals surface area contributed by atoms with Crippen molar-refractivity contribution >= 4 is 29.1 Å². The molecule has 0 aliphatic carbocycles. The van der Waals surface area contributed by atoms with Gasteiger partial charge in [-0.05, 0) is 42.5 Å². The van der Waals surface area contributed by atoms with E-state index in [4.69, 9.17) is 16.3 Å². The van der Waals surface area contributed by atoms with Crippen molar-refractivity contribution in [3.63, 3.8) is 0 Å². The second-order valence-electron chi connectivity index (χ2n) is 5.18. The zero-order chi connectivity index (χ0) is 17.7. The number of hydrogen-bond donors (Lipinski definition) is 1. The largest absolute Gasteiger partial charge is 0.484 e. The van der Waals surface area contributed by atoms with Crippen LogP contribution < -0.4 is 10.1 Å². The van der Waals surface area contributed by atoms with E-state index >= 15 is 0 Å². The monoisotopic (exact) mass is 350 g/mol. The predicted molar refractivity (Wildman–Crippen MR) is 90.0 cm³/mol. The Morgan fingerprint density at radius 3 is 2.42 bits per heavy atom. The second-order valence-corrected chi connectivity index (χ2v) is 5.59. The van der Waals surface area contributed by atoms with Gasteiger partial charge in [-0.1, -0.05) is 11.6 Å². The lowest BCUT2D eigenvalue weighted by atomic mass is 10.2. The van der Waals surface area contributed by atoms with Gasteiger partial charge in [0.05, 0.1) is 10.6 Å². The molecule has 0 saturated carbocycles. The Morgan fingerprint density at radius 1 is 1.17 bits per heavy atom. The SMILES string of the molecule is CN(C)C(=O)c1ccc(NC(=O)COc2ccc(F)cc2)cc1Cl. The molecule has 0 spiro atoms. The van der Waals surface area contributed by atoms with E-state index in [1.54, 1.807) is 26.2 Å². The molecule has 7 heteroatoms. The van der Waals surface area contributed by atoms with E-state index in [0.717, 1.165) is 0 Å². The Labute approximate surface area is 144 Å².